The third-order valence-electron chi connectivity index (χ3n) is 4.21. The minimum absolute atomic E-state index is 0.0192. The number of aromatic nitrogens is 1. The summed E-state index contributed by atoms with van der Waals surface area (Å²) in [5, 5.41) is 6.01. The number of carbonyl (C=O) groups excluding carboxylic acids is 1. The monoisotopic (exact) mass is 380 g/mol. The Bertz CT molecular complexity index is 860. The van der Waals surface area contributed by atoms with E-state index in [0.717, 1.165) is 29.1 Å². The van der Waals surface area contributed by atoms with E-state index in [1.165, 1.54) is 5.56 Å². The number of ether oxygens (including phenoxy) is 1. The van der Waals surface area contributed by atoms with Crippen molar-refractivity contribution in [3.05, 3.63) is 71.2 Å². The van der Waals surface area contributed by atoms with E-state index in [1.807, 2.05) is 61.7 Å². The molecule has 2 aromatic carbocycles. The van der Waals surface area contributed by atoms with Crippen LogP contribution in [0.1, 0.15) is 24.6 Å². The van der Waals surface area contributed by atoms with Gasteiger partial charge in [0.15, 0.2) is 6.61 Å². The molecule has 1 atom stereocenters. The summed E-state index contributed by atoms with van der Waals surface area (Å²) in [6, 6.07) is 18.1. The van der Waals surface area contributed by atoms with Gasteiger partial charge in [0, 0.05) is 22.7 Å². The zero-order chi connectivity index (χ0) is 19.1. The van der Waals surface area contributed by atoms with E-state index in [4.69, 9.17) is 4.74 Å². The van der Waals surface area contributed by atoms with E-state index < -0.39 is 0 Å². The van der Waals surface area contributed by atoms with Crippen molar-refractivity contribution in [1.29, 1.82) is 0 Å². The van der Waals surface area contributed by atoms with Gasteiger partial charge in [-0.1, -0.05) is 30.3 Å². The van der Waals surface area contributed by atoms with Crippen molar-refractivity contribution >= 4 is 17.2 Å². The summed E-state index contributed by atoms with van der Waals surface area (Å²) in [6.07, 6.45) is 1.85. The van der Waals surface area contributed by atoms with Gasteiger partial charge in [0.2, 0.25) is 0 Å². The van der Waals surface area contributed by atoms with Gasteiger partial charge in [-0.2, -0.15) is 0 Å². The summed E-state index contributed by atoms with van der Waals surface area (Å²) in [4.78, 5) is 16.6. The summed E-state index contributed by atoms with van der Waals surface area (Å²) >= 11 is 1.62. The van der Waals surface area contributed by atoms with Gasteiger partial charge in [0.1, 0.15) is 10.8 Å². The van der Waals surface area contributed by atoms with Gasteiger partial charge < -0.3 is 10.1 Å². The predicted molar refractivity (Wildman–Crippen MR) is 110 cm³/mol. The minimum atomic E-state index is -0.102. The quantitative estimate of drug-likeness (QED) is 0.620. The van der Waals surface area contributed by atoms with Crippen LogP contribution in [0.5, 0.6) is 5.75 Å². The Kier molecular flexibility index (Phi) is 6.60. The van der Waals surface area contributed by atoms with Crippen LogP contribution in [0.2, 0.25) is 0 Å². The average molecular weight is 381 g/mol. The van der Waals surface area contributed by atoms with E-state index in [0.29, 0.717) is 5.75 Å². The van der Waals surface area contributed by atoms with E-state index >= 15 is 0 Å². The molecule has 3 rings (SSSR count). The van der Waals surface area contributed by atoms with E-state index in [2.05, 4.69) is 22.4 Å². The van der Waals surface area contributed by atoms with Gasteiger partial charge in [-0.05, 0) is 56.5 Å². The highest BCUT2D eigenvalue weighted by atomic mass is 32.1. The first-order valence-corrected chi connectivity index (χ1v) is 9.97. The largest absolute Gasteiger partial charge is 0.484 e. The lowest BCUT2D eigenvalue weighted by atomic mass is 10.1. The van der Waals surface area contributed by atoms with Gasteiger partial charge in [-0.15, -0.1) is 11.3 Å². The molecule has 0 saturated heterocycles. The number of hydrogen-bond acceptors (Lipinski definition) is 4. The van der Waals surface area contributed by atoms with Crippen LogP contribution in [0.3, 0.4) is 0 Å². The molecule has 1 amide bonds. The molecule has 1 N–H and O–H groups in total. The Morgan fingerprint density at radius 1 is 1.15 bits per heavy atom. The number of nitrogens with zero attached hydrogens (tertiary/aromatic N) is 1. The maximum Gasteiger partial charge on any atom is 0.258 e. The second-order valence-electron chi connectivity index (χ2n) is 6.60. The molecule has 0 bridgehead atoms. The highest BCUT2D eigenvalue weighted by molar-refractivity contribution is 7.13. The van der Waals surface area contributed by atoms with Crippen LogP contribution >= 0.6 is 11.3 Å². The first-order chi connectivity index (χ1) is 13.1. The smallest absolute Gasteiger partial charge is 0.258 e. The van der Waals surface area contributed by atoms with Crippen molar-refractivity contribution in [2.45, 2.75) is 32.7 Å². The molecule has 4 nitrogen and oxygen atoms in total. The molecule has 140 valence electrons. The number of thiazole rings is 1. The van der Waals surface area contributed by atoms with E-state index in [9.17, 15) is 4.79 Å². The van der Waals surface area contributed by atoms with Gasteiger partial charge in [-0.25, -0.2) is 4.98 Å². The van der Waals surface area contributed by atoms with Gasteiger partial charge >= 0.3 is 0 Å². The first-order valence-electron chi connectivity index (χ1n) is 9.09. The minimum Gasteiger partial charge on any atom is -0.484 e. The van der Waals surface area contributed by atoms with Crippen molar-refractivity contribution < 1.29 is 9.53 Å². The molecule has 0 aliphatic rings. The average Bonchev–Trinajstić information content (AvgIpc) is 3.12. The first kappa shape index (κ1) is 19.1. The fraction of sp³-hybridized carbons (Fsp3) is 0.273. The molecular formula is C22H24N2O2S. The number of rotatable bonds is 8. The normalized spacial score (nSPS) is 11.8. The lowest BCUT2D eigenvalue weighted by Gasteiger charge is -2.14. The lowest BCUT2D eigenvalue weighted by Crippen LogP contribution is -2.36. The molecule has 0 radical (unpaired) electrons. The van der Waals surface area contributed by atoms with Crippen molar-refractivity contribution in [3.8, 4) is 16.3 Å². The summed E-state index contributed by atoms with van der Waals surface area (Å²) in [5.41, 5.74) is 3.36. The SMILES string of the molecule is Cc1csc(-c2ccc(OCC(=O)N[C@H](C)CCc3ccccc3)cc2)n1. The van der Waals surface area contributed by atoms with Crippen molar-refractivity contribution in [2.75, 3.05) is 6.61 Å². The van der Waals surface area contributed by atoms with Crippen LogP contribution in [-0.2, 0) is 11.2 Å². The number of nitrogens with one attached hydrogen (secondary N) is 1. The second-order valence-corrected chi connectivity index (χ2v) is 7.46. The summed E-state index contributed by atoms with van der Waals surface area (Å²) < 4.78 is 5.60. The standard InChI is InChI=1S/C22H24N2O2S/c1-16(8-9-18-6-4-3-5-7-18)23-21(25)14-26-20-12-10-19(11-13-20)22-24-17(2)15-27-22/h3-7,10-13,15-16H,8-9,14H2,1-2H3,(H,23,25)/t16-/m1/s1. The van der Waals surface area contributed by atoms with E-state index in [-0.39, 0.29) is 18.6 Å². The summed E-state index contributed by atoms with van der Waals surface area (Å²) in [7, 11) is 0. The Balaban J connectivity index is 1.42. The van der Waals surface area contributed by atoms with Crippen molar-refractivity contribution in [3.63, 3.8) is 0 Å². The zero-order valence-corrected chi connectivity index (χ0v) is 16.5. The molecule has 0 spiro atoms. The number of hydrogen-bond donors (Lipinski definition) is 1. The van der Waals surface area contributed by atoms with Crippen LogP contribution in [-0.4, -0.2) is 23.5 Å². The maximum atomic E-state index is 12.1. The Morgan fingerprint density at radius 3 is 2.56 bits per heavy atom. The molecule has 0 saturated carbocycles. The number of aryl methyl sites for hydroxylation is 2. The van der Waals surface area contributed by atoms with Crippen LogP contribution < -0.4 is 10.1 Å². The summed E-state index contributed by atoms with van der Waals surface area (Å²) in [6.45, 7) is 4.02. The molecule has 1 aromatic heterocycles. The number of amides is 1. The second kappa shape index (κ2) is 9.33. The topological polar surface area (TPSA) is 51.2 Å². The van der Waals surface area contributed by atoms with Crippen LogP contribution in [0.4, 0.5) is 0 Å². The Labute approximate surface area is 164 Å². The Hall–Kier alpha value is -2.66. The van der Waals surface area contributed by atoms with Crippen molar-refractivity contribution in [1.82, 2.24) is 10.3 Å². The number of carbonyl (C=O) groups is 1. The summed E-state index contributed by atoms with van der Waals surface area (Å²) in [5.74, 6) is 0.578. The molecule has 3 aromatic rings. The third kappa shape index (κ3) is 5.93. The zero-order valence-electron chi connectivity index (χ0n) is 15.6. The van der Waals surface area contributed by atoms with E-state index in [1.54, 1.807) is 11.3 Å². The van der Waals surface area contributed by atoms with Crippen LogP contribution in [0.15, 0.2) is 60.0 Å². The molecular weight excluding hydrogens is 356 g/mol. The molecule has 0 unspecified atom stereocenters. The molecule has 5 heteroatoms. The van der Waals surface area contributed by atoms with Gasteiger partial charge in [0.05, 0.1) is 0 Å². The fourth-order valence-corrected chi connectivity index (χ4v) is 3.55. The van der Waals surface area contributed by atoms with Gasteiger partial charge in [-0.3, -0.25) is 4.79 Å². The molecule has 0 aliphatic heterocycles. The molecule has 27 heavy (non-hydrogen) atoms. The van der Waals surface area contributed by atoms with Gasteiger partial charge in [0.25, 0.3) is 5.91 Å². The van der Waals surface area contributed by atoms with Crippen LogP contribution in [0, 0.1) is 6.92 Å². The van der Waals surface area contributed by atoms with Crippen molar-refractivity contribution in [2.24, 2.45) is 0 Å². The molecule has 1 heterocycles. The predicted octanol–water partition coefficient (Wildman–Crippen LogP) is 4.63. The fourth-order valence-electron chi connectivity index (χ4n) is 2.75. The third-order valence-corrected chi connectivity index (χ3v) is 5.22. The molecule has 0 aliphatic carbocycles. The van der Waals surface area contributed by atoms with Crippen LogP contribution in [0.25, 0.3) is 10.6 Å². The highest BCUT2D eigenvalue weighted by Gasteiger charge is 2.09. The Morgan fingerprint density at radius 2 is 1.89 bits per heavy atom. The highest BCUT2D eigenvalue weighted by Crippen LogP contribution is 2.25. The maximum absolute atomic E-state index is 12.1. The number of benzene rings is 2. The molecule has 0 fully saturated rings. The lowest BCUT2D eigenvalue weighted by molar-refractivity contribution is -0.123.